The van der Waals surface area contributed by atoms with Crippen molar-refractivity contribution in [2.24, 2.45) is 0 Å². The first-order valence-corrected chi connectivity index (χ1v) is 7.08. The lowest BCUT2D eigenvalue weighted by Crippen LogP contribution is -2.40. The molecule has 1 amide bonds. The van der Waals surface area contributed by atoms with Gasteiger partial charge < -0.3 is 14.7 Å². The molecule has 5 nitrogen and oxygen atoms in total. The van der Waals surface area contributed by atoms with Gasteiger partial charge in [-0.15, -0.1) is 0 Å². The van der Waals surface area contributed by atoms with Crippen molar-refractivity contribution in [1.29, 1.82) is 0 Å². The number of carbonyl (C=O) groups is 2. The van der Waals surface area contributed by atoms with Crippen LogP contribution in [-0.2, 0) is 16.0 Å². The summed E-state index contributed by atoms with van der Waals surface area (Å²) in [6.07, 6.45) is 1.85. The monoisotopic (exact) mass is 293 g/mol. The van der Waals surface area contributed by atoms with E-state index in [4.69, 9.17) is 9.84 Å². The van der Waals surface area contributed by atoms with E-state index in [1.807, 2.05) is 38.1 Å². The van der Waals surface area contributed by atoms with Gasteiger partial charge >= 0.3 is 5.97 Å². The number of ether oxygens (including phenoxy) is 1. The van der Waals surface area contributed by atoms with Crippen LogP contribution in [-0.4, -0.2) is 41.6 Å². The first-order chi connectivity index (χ1) is 9.93. The summed E-state index contributed by atoms with van der Waals surface area (Å²) in [5, 5.41) is 8.83. The third-order valence-corrected chi connectivity index (χ3v) is 3.26. The average Bonchev–Trinajstić information content (AvgIpc) is 2.45. The van der Waals surface area contributed by atoms with Crippen LogP contribution in [0.1, 0.15) is 32.3 Å². The third-order valence-electron chi connectivity index (χ3n) is 3.26. The predicted octanol–water partition coefficient (Wildman–Crippen LogP) is 2.34. The summed E-state index contributed by atoms with van der Waals surface area (Å²) in [5.41, 5.74) is 1.14. The van der Waals surface area contributed by atoms with Gasteiger partial charge in [-0.1, -0.05) is 12.1 Å². The number of hydrogen-bond donors (Lipinski definition) is 1. The fourth-order valence-electron chi connectivity index (χ4n) is 2.08. The van der Waals surface area contributed by atoms with E-state index in [2.05, 4.69) is 0 Å². The normalized spacial score (nSPS) is 10.5. The molecule has 1 N–H and O–H groups in total. The Kier molecular flexibility index (Phi) is 6.72. The van der Waals surface area contributed by atoms with E-state index in [0.717, 1.165) is 17.7 Å². The Morgan fingerprint density at radius 1 is 1.24 bits per heavy atom. The van der Waals surface area contributed by atoms with E-state index in [1.165, 1.54) is 4.90 Å². The van der Waals surface area contributed by atoms with Gasteiger partial charge in [-0.05, 0) is 44.4 Å². The number of hydrogen-bond acceptors (Lipinski definition) is 3. The summed E-state index contributed by atoms with van der Waals surface area (Å²) in [6, 6.07) is 7.63. The molecule has 0 bridgehead atoms. The number of aryl methyl sites for hydroxylation is 1. The van der Waals surface area contributed by atoms with Gasteiger partial charge in [-0.3, -0.25) is 9.59 Å². The minimum atomic E-state index is -0.979. The maximum Gasteiger partial charge on any atom is 0.323 e. The SMILES string of the molecule is COc1ccc(CCCC(=O)N(CC(=O)O)C(C)C)cc1. The number of benzene rings is 1. The number of carboxylic acid groups (broad SMARTS) is 1. The highest BCUT2D eigenvalue weighted by atomic mass is 16.5. The van der Waals surface area contributed by atoms with Crippen molar-refractivity contribution < 1.29 is 19.4 Å². The van der Waals surface area contributed by atoms with Gasteiger partial charge in [-0.2, -0.15) is 0 Å². The molecular weight excluding hydrogens is 270 g/mol. The number of carbonyl (C=O) groups excluding carboxylic acids is 1. The Labute approximate surface area is 125 Å². The first-order valence-electron chi connectivity index (χ1n) is 7.08. The molecule has 0 aliphatic carbocycles. The van der Waals surface area contributed by atoms with Gasteiger partial charge in [0.15, 0.2) is 0 Å². The maximum absolute atomic E-state index is 12.1. The zero-order valence-electron chi connectivity index (χ0n) is 12.8. The molecule has 1 rings (SSSR count). The molecule has 0 radical (unpaired) electrons. The van der Waals surface area contributed by atoms with Crippen LogP contribution in [0.2, 0.25) is 0 Å². The van der Waals surface area contributed by atoms with E-state index in [1.54, 1.807) is 7.11 Å². The Balaban J connectivity index is 2.45. The van der Waals surface area contributed by atoms with E-state index in [9.17, 15) is 9.59 Å². The fourth-order valence-corrected chi connectivity index (χ4v) is 2.08. The second kappa shape index (κ2) is 8.29. The van der Waals surface area contributed by atoms with E-state index < -0.39 is 5.97 Å². The molecule has 0 saturated heterocycles. The quantitative estimate of drug-likeness (QED) is 0.799. The number of carboxylic acids is 1. The minimum absolute atomic E-state index is 0.102. The molecular formula is C16H23NO4. The number of amides is 1. The molecule has 0 aromatic heterocycles. The molecule has 0 spiro atoms. The van der Waals surface area contributed by atoms with E-state index in [-0.39, 0.29) is 18.5 Å². The molecule has 0 saturated carbocycles. The van der Waals surface area contributed by atoms with Gasteiger partial charge in [0.1, 0.15) is 12.3 Å². The molecule has 0 atom stereocenters. The van der Waals surface area contributed by atoms with E-state index >= 15 is 0 Å². The van der Waals surface area contributed by atoms with Crippen LogP contribution in [0.15, 0.2) is 24.3 Å². The molecule has 0 fully saturated rings. The van der Waals surface area contributed by atoms with Crippen LogP contribution in [0.3, 0.4) is 0 Å². The van der Waals surface area contributed by atoms with Crippen LogP contribution in [0, 0.1) is 0 Å². The number of methoxy groups -OCH3 is 1. The van der Waals surface area contributed by atoms with Crippen LogP contribution < -0.4 is 4.74 Å². The smallest absolute Gasteiger partial charge is 0.323 e. The Morgan fingerprint density at radius 3 is 2.33 bits per heavy atom. The van der Waals surface area contributed by atoms with Gasteiger partial charge in [0.2, 0.25) is 5.91 Å². The Bertz CT molecular complexity index is 468. The highest BCUT2D eigenvalue weighted by Gasteiger charge is 2.19. The van der Waals surface area contributed by atoms with Crippen molar-refractivity contribution in [2.45, 2.75) is 39.2 Å². The zero-order valence-corrected chi connectivity index (χ0v) is 12.8. The second-order valence-electron chi connectivity index (χ2n) is 5.21. The van der Waals surface area contributed by atoms with Crippen LogP contribution in [0.25, 0.3) is 0 Å². The lowest BCUT2D eigenvalue weighted by molar-refractivity contribution is -0.145. The summed E-state index contributed by atoms with van der Waals surface area (Å²) in [4.78, 5) is 24.2. The van der Waals surface area contributed by atoms with Gasteiger partial charge in [-0.25, -0.2) is 0 Å². The van der Waals surface area contributed by atoms with Crippen molar-refractivity contribution >= 4 is 11.9 Å². The first kappa shape index (κ1) is 17.0. The van der Waals surface area contributed by atoms with Crippen molar-refractivity contribution in [3.05, 3.63) is 29.8 Å². The molecule has 116 valence electrons. The Hall–Kier alpha value is -2.04. The molecule has 0 aliphatic heterocycles. The lowest BCUT2D eigenvalue weighted by Gasteiger charge is -2.24. The van der Waals surface area contributed by atoms with Gasteiger partial charge in [0, 0.05) is 12.5 Å². The summed E-state index contributed by atoms with van der Waals surface area (Å²) >= 11 is 0. The average molecular weight is 293 g/mol. The second-order valence-corrected chi connectivity index (χ2v) is 5.21. The highest BCUT2D eigenvalue weighted by Crippen LogP contribution is 2.14. The van der Waals surface area contributed by atoms with Gasteiger partial charge in [0.25, 0.3) is 0 Å². The van der Waals surface area contributed by atoms with Crippen molar-refractivity contribution in [2.75, 3.05) is 13.7 Å². The Morgan fingerprint density at radius 2 is 1.86 bits per heavy atom. The molecule has 1 aromatic rings. The molecule has 0 aliphatic rings. The summed E-state index contributed by atoms with van der Waals surface area (Å²) in [6.45, 7) is 3.41. The molecule has 5 heteroatoms. The molecule has 21 heavy (non-hydrogen) atoms. The minimum Gasteiger partial charge on any atom is -0.497 e. The predicted molar refractivity (Wildman–Crippen MR) is 80.4 cm³/mol. The van der Waals surface area contributed by atoms with Crippen molar-refractivity contribution in [1.82, 2.24) is 4.90 Å². The van der Waals surface area contributed by atoms with Crippen molar-refractivity contribution in [3.8, 4) is 5.75 Å². The van der Waals surface area contributed by atoms with Crippen molar-refractivity contribution in [3.63, 3.8) is 0 Å². The van der Waals surface area contributed by atoms with Crippen LogP contribution in [0.4, 0.5) is 0 Å². The summed E-state index contributed by atoms with van der Waals surface area (Å²) in [5.74, 6) is -0.282. The third kappa shape index (κ3) is 5.85. The largest absolute Gasteiger partial charge is 0.497 e. The number of aliphatic carboxylic acids is 1. The topological polar surface area (TPSA) is 66.8 Å². The van der Waals surface area contributed by atoms with E-state index in [0.29, 0.717) is 12.8 Å². The number of nitrogens with zero attached hydrogens (tertiary/aromatic N) is 1. The lowest BCUT2D eigenvalue weighted by atomic mass is 10.1. The van der Waals surface area contributed by atoms with Crippen LogP contribution in [0.5, 0.6) is 5.75 Å². The molecule has 1 aromatic carbocycles. The maximum atomic E-state index is 12.1. The molecule has 0 unspecified atom stereocenters. The van der Waals surface area contributed by atoms with Gasteiger partial charge in [0.05, 0.1) is 7.11 Å². The zero-order chi connectivity index (χ0) is 15.8. The summed E-state index contributed by atoms with van der Waals surface area (Å²) in [7, 11) is 1.62. The number of rotatable bonds is 8. The highest BCUT2D eigenvalue weighted by molar-refractivity contribution is 5.81. The molecule has 0 heterocycles. The van der Waals surface area contributed by atoms with Crippen LogP contribution >= 0.6 is 0 Å². The fraction of sp³-hybridized carbons (Fsp3) is 0.500. The standard InChI is InChI=1S/C16H23NO4/c1-12(2)17(11-16(19)20)15(18)6-4-5-13-7-9-14(21-3)10-8-13/h7-10,12H,4-6,11H2,1-3H3,(H,19,20). The summed E-state index contributed by atoms with van der Waals surface area (Å²) < 4.78 is 5.09.